The van der Waals surface area contributed by atoms with Crippen LogP contribution in [0, 0.1) is 20.8 Å². The quantitative estimate of drug-likeness (QED) is 0.705. The third kappa shape index (κ3) is 3.64. The van der Waals surface area contributed by atoms with Gasteiger partial charge in [0.15, 0.2) is 5.82 Å². The van der Waals surface area contributed by atoms with Gasteiger partial charge in [-0.25, -0.2) is 15.0 Å². The first kappa shape index (κ1) is 18.9. The lowest BCUT2D eigenvalue weighted by Crippen LogP contribution is -2.36. The average molecular weight is 412 g/mol. The molecule has 5 heterocycles. The molecule has 5 rings (SSSR count). The molecule has 0 aliphatic carbocycles. The minimum atomic E-state index is 0.348. The maximum atomic E-state index is 5.13. The van der Waals surface area contributed by atoms with E-state index in [1.807, 2.05) is 6.92 Å². The molecule has 2 aliphatic heterocycles. The Morgan fingerprint density at radius 1 is 1.03 bits per heavy atom. The Hall–Kier alpha value is -2.06. The summed E-state index contributed by atoms with van der Waals surface area (Å²) in [5.41, 5.74) is 1.32. The number of anilines is 1. The summed E-state index contributed by atoms with van der Waals surface area (Å²) >= 11 is 1.80. The molecule has 29 heavy (non-hydrogen) atoms. The molecule has 7 nitrogen and oxygen atoms in total. The summed E-state index contributed by atoms with van der Waals surface area (Å²) in [6.45, 7) is 11.5. The molecule has 0 aromatic carbocycles. The van der Waals surface area contributed by atoms with Gasteiger partial charge >= 0.3 is 0 Å². The molecule has 2 aliphatic rings. The molecule has 154 valence electrons. The summed E-state index contributed by atoms with van der Waals surface area (Å²) in [7, 11) is 0. The smallest absolute Gasteiger partial charge is 0.155 e. The summed E-state index contributed by atoms with van der Waals surface area (Å²) in [5, 5.41) is 8.68. The third-order valence-electron chi connectivity index (χ3n) is 6.32. The predicted molar refractivity (Wildman–Crippen MR) is 117 cm³/mol. The molecule has 0 spiro atoms. The van der Waals surface area contributed by atoms with E-state index in [4.69, 9.17) is 9.97 Å². The maximum absolute atomic E-state index is 5.13. The molecule has 1 atom stereocenters. The van der Waals surface area contributed by atoms with E-state index >= 15 is 0 Å². The first-order chi connectivity index (χ1) is 14.1. The molecule has 0 bridgehead atoms. The highest BCUT2D eigenvalue weighted by Crippen LogP contribution is 2.37. The second-order valence-electron chi connectivity index (χ2n) is 8.47. The second-order valence-corrected chi connectivity index (χ2v) is 9.68. The van der Waals surface area contributed by atoms with Crippen molar-refractivity contribution in [2.24, 2.45) is 0 Å². The first-order valence-corrected chi connectivity index (χ1v) is 11.5. The number of fused-ring (bicyclic) bond motifs is 1. The predicted octanol–water partition coefficient (Wildman–Crippen LogP) is 3.71. The number of likely N-dealkylation sites (tertiary alicyclic amines) is 1. The molecule has 3 aromatic rings. The summed E-state index contributed by atoms with van der Waals surface area (Å²) in [6, 6.07) is 0. The highest BCUT2D eigenvalue weighted by atomic mass is 32.1. The Morgan fingerprint density at radius 3 is 2.62 bits per heavy atom. The number of aryl methyl sites for hydroxylation is 3. The number of hydrogen-bond donors (Lipinski definition) is 1. The van der Waals surface area contributed by atoms with Crippen LogP contribution in [0.3, 0.4) is 0 Å². The number of nitrogens with one attached hydrogen (secondary N) is 1. The Kier molecular flexibility index (Phi) is 4.99. The van der Waals surface area contributed by atoms with Crippen molar-refractivity contribution in [1.29, 1.82) is 0 Å². The van der Waals surface area contributed by atoms with Gasteiger partial charge in [-0.05, 0) is 65.1 Å². The Morgan fingerprint density at radius 2 is 1.86 bits per heavy atom. The minimum Gasteiger partial charge on any atom is -0.355 e. The Bertz CT molecular complexity index is 1020. The van der Waals surface area contributed by atoms with Crippen LogP contribution in [0.1, 0.15) is 59.5 Å². The van der Waals surface area contributed by atoms with Crippen molar-refractivity contribution in [2.75, 3.05) is 31.1 Å². The van der Waals surface area contributed by atoms with Crippen LogP contribution in [0.5, 0.6) is 0 Å². The summed E-state index contributed by atoms with van der Waals surface area (Å²) in [6.07, 6.45) is 4.84. The fraction of sp³-hybridized carbons (Fsp3) is 0.619. The van der Waals surface area contributed by atoms with Crippen molar-refractivity contribution in [2.45, 2.75) is 58.9 Å². The van der Waals surface area contributed by atoms with Crippen molar-refractivity contribution in [3.63, 3.8) is 0 Å². The van der Waals surface area contributed by atoms with Gasteiger partial charge in [0, 0.05) is 23.9 Å². The number of H-pyrrole nitrogens is 1. The Labute approximate surface area is 175 Å². The van der Waals surface area contributed by atoms with Crippen molar-refractivity contribution in [3.05, 3.63) is 27.9 Å². The van der Waals surface area contributed by atoms with E-state index in [0.29, 0.717) is 5.92 Å². The van der Waals surface area contributed by atoms with Crippen LogP contribution in [-0.4, -0.2) is 56.2 Å². The number of hydrogen-bond acceptors (Lipinski definition) is 7. The van der Waals surface area contributed by atoms with Gasteiger partial charge in [0.2, 0.25) is 0 Å². The number of aromatic amines is 1. The van der Waals surface area contributed by atoms with Gasteiger partial charge in [0.05, 0.1) is 11.9 Å². The molecule has 2 saturated heterocycles. The fourth-order valence-electron chi connectivity index (χ4n) is 4.63. The zero-order valence-corrected chi connectivity index (χ0v) is 18.3. The molecule has 3 aromatic heterocycles. The van der Waals surface area contributed by atoms with Crippen LogP contribution in [-0.2, 0) is 6.54 Å². The Balaban J connectivity index is 1.51. The number of aromatic nitrogens is 5. The summed E-state index contributed by atoms with van der Waals surface area (Å²) < 4.78 is 0. The second kappa shape index (κ2) is 7.65. The molecular formula is C21H29N7S. The van der Waals surface area contributed by atoms with E-state index in [9.17, 15) is 0 Å². The normalized spacial score (nSPS) is 20.8. The van der Waals surface area contributed by atoms with Gasteiger partial charge < -0.3 is 4.90 Å². The van der Waals surface area contributed by atoms with E-state index < -0.39 is 0 Å². The monoisotopic (exact) mass is 411 g/mol. The van der Waals surface area contributed by atoms with E-state index in [2.05, 4.69) is 38.8 Å². The van der Waals surface area contributed by atoms with Crippen LogP contribution >= 0.6 is 11.3 Å². The van der Waals surface area contributed by atoms with E-state index in [1.165, 1.54) is 28.7 Å². The zero-order chi connectivity index (χ0) is 20.0. The van der Waals surface area contributed by atoms with Gasteiger partial charge in [-0.3, -0.25) is 10.00 Å². The lowest BCUT2D eigenvalue weighted by atomic mass is 9.97. The van der Waals surface area contributed by atoms with Crippen LogP contribution in [0.15, 0.2) is 0 Å². The SMILES string of the molecule is Cc1nc(C2CCCN(c3nc(CN4CCCC4)nc4sc(C)c(C)c34)C2)n[nH]1. The first-order valence-electron chi connectivity index (χ1n) is 10.7. The molecule has 1 unspecified atom stereocenters. The lowest BCUT2D eigenvalue weighted by molar-refractivity contribution is 0.323. The van der Waals surface area contributed by atoms with Gasteiger partial charge in [-0.2, -0.15) is 5.10 Å². The average Bonchev–Trinajstić information content (AvgIpc) is 3.44. The van der Waals surface area contributed by atoms with E-state index in [-0.39, 0.29) is 0 Å². The molecule has 0 amide bonds. The number of piperidine rings is 1. The van der Waals surface area contributed by atoms with E-state index in [0.717, 1.165) is 73.7 Å². The van der Waals surface area contributed by atoms with Crippen molar-refractivity contribution in [3.8, 4) is 0 Å². The van der Waals surface area contributed by atoms with Gasteiger partial charge in [-0.1, -0.05) is 0 Å². The molecule has 2 fully saturated rings. The largest absolute Gasteiger partial charge is 0.355 e. The summed E-state index contributed by atoms with van der Waals surface area (Å²) in [4.78, 5) is 22.1. The van der Waals surface area contributed by atoms with Crippen LogP contribution in [0.25, 0.3) is 10.2 Å². The van der Waals surface area contributed by atoms with Gasteiger partial charge in [0.25, 0.3) is 0 Å². The topological polar surface area (TPSA) is 73.8 Å². The van der Waals surface area contributed by atoms with Crippen LogP contribution in [0.2, 0.25) is 0 Å². The van der Waals surface area contributed by atoms with E-state index in [1.54, 1.807) is 11.3 Å². The van der Waals surface area contributed by atoms with Crippen molar-refractivity contribution >= 4 is 27.4 Å². The standard InChI is InChI=1S/C21H29N7S/c1-13-14(2)29-21-18(13)20(23-17(24-21)12-27-8-4-5-9-27)28-10-6-7-16(11-28)19-22-15(3)25-26-19/h16H,4-12H2,1-3H3,(H,22,25,26). The highest BCUT2D eigenvalue weighted by Gasteiger charge is 2.28. The fourth-order valence-corrected chi connectivity index (χ4v) is 5.68. The van der Waals surface area contributed by atoms with Crippen molar-refractivity contribution in [1.82, 2.24) is 30.0 Å². The molecule has 0 saturated carbocycles. The molecule has 0 radical (unpaired) electrons. The van der Waals surface area contributed by atoms with Crippen LogP contribution in [0.4, 0.5) is 5.82 Å². The molecule has 1 N–H and O–H groups in total. The zero-order valence-electron chi connectivity index (χ0n) is 17.5. The molecule has 8 heteroatoms. The van der Waals surface area contributed by atoms with Crippen LogP contribution < -0.4 is 4.90 Å². The van der Waals surface area contributed by atoms with Gasteiger partial charge in [0.1, 0.15) is 22.3 Å². The summed E-state index contributed by atoms with van der Waals surface area (Å²) in [5.74, 6) is 4.25. The third-order valence-corrected chi connectivity index (χ3v) is 7.42. The number of nitrogens with zero attached hydrogens (tertiary/aromatic N) is 6. The van der Waals surface area contributed by atoms with Crippen molar-refractivity contribution < 1.29 is 0 Å². The van der Waals surface area contributed by atoms with Gasteiger partial charge in [-0.15, -0.1) is 11.3 Å². The number of thiophene rings is 1. The number of rotatable bonds is 4. The molecular weight excluding hydrogens is 382 g/mol. The maximum Gasteiger partial charge on any atom is 0.155 e. The minimum absolute atomic E-state index is 0.348. The highest BCUT2D eigenvalue weighted by molar-refractivity contribution is 7.18. The lowest BCUT2D eigenvalue weighted by Gasteiger charge is -2.33.